The SMILES string of the molecule is C[C@@H]1C\C=C/C=C\C=C/C=C[C@H](O[C@@H]2O[C@H](C)[C@@H](O)[C@H](N)[C@@H]2O)C[C@@H]2O[C@](O)(C[C@@H](O)C[C@H]3O[C@@H]3/C=C\C(=O)O1)C[C@H](O)[C@H]2C(=O)O. The molecular weight excluding hydrogens is 618 g/mol. The van der Waals surface area contributed by atoms with E-state index in [-0.39, 0.29) is 25.4 Å². The number of ether oxygens (including phenoxy) is 5. The van der Waals surface area contributed by atoms with Crippen molar-refractivity contribution in [2.45, 2.75) is 125 Å². The van der Waals surface area contributed by atoms with Crippen molar-refractivity contribution < 1.29 is 63.9 Å². The minimum atomic E-state index is -2.10. The first kappa shape index (κ1) is 37.1. The number of nitrogens with two attached hydrogens (primary N) is 1. The van der Waals surface area contributed by atoms with Gasteiger partial charge in [-0.1, -0.05) is 48.6 Å². The van der Waals surface area contributed by atoms with E-state index < -0.39 is 97.3 Å². The second kappa shape index (κ2) is 16.6. The number of hydrogen-bond acceptors (Lipinski definition) is 13. The summed E-state index contributed by atoms with van der Waals surface area (Å²) in [5, 5.41) is 63.9. The highest BCUT2D eigenvalue weighted by Gasteiger charge is 2.51. The molecule has 3 saturated heterocycles. The highest BCUT2D eigenvalue weighted by molar-refractivity contribution is 5.82. The number of carboxylic acids is 1. The van der Waals surface area contributed by atoms with Crippen molar-refractivity contribution in [2.24, 2.45) is 11.7 Å². The average molecular weight is 666 g/mol. The molecule has 8 N–H and O–H groups in total. The molecule has 0 aliphatic carbocycles. The molecule has 0 aromatic carbocycles. The van der Waals surface area contributed by atoms with Gasteiger partial charge in [-0.3, -0.25) is 4.79 Å². The third-order valence-electron chi connectivity index (χ3n) is 8.58. The number of aliphatic hydroxyl groups is 5. The Bertz CT molecular complexity index is 1220. The van der Waals surface area contributed by atoms with Gasteiger partial charge >= 0.3 is 11.9 Å². The summed E-state index contributed by atoms with van der Waals surface area (Å²) in [6.45, 7) is 3.34. The van der Waals surface area contributed by atoms with E-state index in [0.717, 1.165) is 0 Å². The fraction of sp³-hybridized carbons (Fsp3) is 0.636. The molecule has 262 valence electrons. The van der Waals surface area contributed by atoms with Crippen LogP contribution >= 0.6 is 0 Å². The standard InChI is InChI=1S/C33H47NO13/c1-18-10-8-6-4-3-5-7-9-11-21(45-32-30(39)28(34)29(38)19(2)44-32)15-25-27(31(40)41)22(36)17-33(42,47-25)16-20(35)14-24-23(46-24)12-13-26(37)43-18/h3-9,11-13,18-25,27-30,32,35-36,38-39,42H,10,14-17,34H2,1-2H3,(H,40,41)/b4-3-,7-5-,8-6-,11-9?,13-12-/t18-,19-,20+,21+,22+,23-,24-,25+,27-,28+,29-,30+,32+,33-/m1/s1. The quantitative estimate of drug-likeness (QED) is 0.157. The molecule has 14 atom stereocenters. The zero-order chi connectivity index (χ0) is 34.3. The Morgan fingerprint density at radius 2 is 1.64 bits per heavy atom. The number of cyclic esters (lactones) is 1. The second-order valence-electron chi connectivity index (χ2n) is 12.6. The summed E-state index contributed by atoms with van der Waals surface area (Å²) in [5.74, 6) is -5.45. The van der Waals surface area contributed by atoms with Crippen LogP contribution in [-0.2, 0) is 33.3 Å². The zero-order valence-electron chi connectivity index (χ0n) is 26.4. The van der Waals surface area contributed by atoms with Crippen LogP contribution in [0, 0.1) is 5.92 Å². The predicted octanol–water partition coefficient (Wildman–Crippen LogP) is 0.120. The number of allylic oxidation sites excluding steroid dienone is 6. The Balaban J connectivity index is 1.58. The Labute approximate surface area is 273 Å². The molecule has 0 unspecified atom stereocenters. The molecule has 0 saturated carbocycles. The molecule has 4 aliphatic heterocycles. The molecular formula is C33H47NO13. The summed E-state index contributed by atoms with van der Waals surface area (Å²) in [5.41, 5.74) is 5.98. The number of aliphatic carboxylic acids is 1. The summed E-state index contributed by atoms with van der Waals surface area (Å²) in [4.78, 5) is 24.4. The monoisotopic (exact) mass is 665 g/mol. The molecule has 0 radical (unpaired) electrons. The third-order valence-corrected chi connectivity index (χ3v) is 8.58. The lowest BCUT2D eigenvalue weighted by molar-refractivity contribution is -0.308. The van der Waals surface area contributed by atoms with Gasteiger partial charge in [-0.2, -0.15) is 0 Å². The van der Waals surface area contributed by atoms with E-state index in [1.165, 1.54) is 12.2 Å². The summed E-state index contributed by atoms with van der Waals surface area (Å²) >= 11 is 0. The number of hydrogen-bond donors (Lipinski definition) is 7. The van der Waals surface area contributed by atoms with Crippen molar-refractivity contribution in [3.63, 3.8) is 0 Å². The number of carbonyl (C=O) groups is 2. The highest BCUT2D eigenvalue weighted by Crippen LogP contribution is 2.39. The van der Waals surface area contributed by atoms with Gasteiger partial charge in [-0.15, -0.1) is 0 Å². The number of esters is 1. The van der Waals surface area contributed by atoms with Gasteiger partial charge in [-0.25, -0.2) is 4.79 Å². The maximum atomic E-state index is 12.3. The number of carbonyl (C=O) groups excluding carboxylic acids is 1. The van der Waals surface area contributed by atoms with Gasteiger partial charge in [0.15, 0.2) is 12.1 Å². The molecule has 0 amide bonds. The minimum absolute atomic E-state index is 0.0789. The van der Waals surface area contributed by atoms with Crippen LogP contribution in [0.25, 0.3) is 0 Å². The van der Waals surface area contributed by atoms with Gasteiger partial charge in [0.05, 0.1) is 48.8 Å². The van der Waals surface area contributed by atoms with Crippen LogP contribution < -0.4 is 5.73 Å². The molecule has 14 heteroatoms. The smallest absolute Gasteiger partial charge is 0.330 e. The van der Waals surface area contributed by atoms with Gasteiger partial charge < -0.3 is 60.1 Å². The van der Waals surface area contributed by atoms with E-state index in [1.807, 2.05) is 6.08 Å². The van der Waals surface area contributed by atoms with Gasteiger partial charge in [-0.05, 0) is 19.9 Å². The molecule has 4 rings (SSSR count). The van der Waals surface area contributed by atoms with Gasteiger partial charge in [0, 0.05) is 38.2 Å². The Morgan fingerprint density at radius 3 is 2.36 bits per heavy atom. The van der Waals surface area contributed by atoms with Crippen LogP contribution in [0.1, 0.15) is 46.0 Å². The number of aliphatic hydroxyl groups excluding tert-OH is 4. The lowest BCUT2D eigenvalue weighted by Crippen LogP contribution is -2.61. The first-order chi connectivity index (χ1) is 22.3. The maximum Gasteiger partial charge on any atom is 0.330 e. The molecule has 14 nitrogen and oxygen atoms in total. The molecule has 2 bridgehead atoms. The van der Waals surface area contributed by atoms with Crippen LogP contribution in [-0.4, -0.2) is 122 Å². The van der Waals surface area contributed by atoms with Crippen molar-refractivity contribution >= 4 is 11.9 Å². The van der Waals surface area contributed by atoms with E-state index in [9.17, 15) is 40.2 Å². The summed E-state index contributed by atoms with van der Waals surface area (Å²) < 4.78 is 28.5. The number of epoxide rings is 1. The fourth-order valence-electron chi connectivity index (χ4n) is 6.00. The fourth-order valence-corrected chi connectivity index (χ4v) is 6.00. The lowest BCUT2D eigenvalue weighted by Gasteiger charge is -2.45. The van der Waals surface area contributed by atoms with Crippen molar-refractivity contribution in [3.8, 4) is 0 Å². The van der Waals surface area contributed by atoms with Crippen molar-refractivity contribution in [3.05, 3.63) is 60.8 Å². The Hall–Kier alpha value is -2.76. The van der Waals surface area contributed by atoms with Crippen molar-refractivity contribution in [1.82, 2.24) is 0 Å². The molecule has 47 heavy (non-hydrogen) atoms. The normalized spacial score (nSPS) is 46.6. The zero-order valence-corrected chi connectivity index (χ0v) is 26.4. The number of carboxylic acid groups (broad SMARTS) is 1. The third kappa shape index (κ3) is 10.6. The van der Waals surface area contributed by atoms with E-state index in [0.29, 0.717) is 6.42 Å². The van der Waals surface area contributed by atoms with Gasteiger partial charge in [0.2, 0.25) is 0 Å². The molecule has 0 aromatic heterocycles. The van der Waals surface area contributed by atoms with E-state index in [1.54, 1.807) is 56.4 Å². The van der Waals surface area contributed by atoms with Crippen LogP contribution in [0.2, 0.25) is 0 Å². The van der Waals surface area contributed by atoms with E-state index in [2.05, 4.69) is 0 Å². The first-order valence-electron chi connectivity index (χ1n) is 15.9. The van der Waals surface area contributed by atoms with Gasteiger partial charge in [0.25, 0.3) is 0 Å². The molecule has 4 aliphatic rings. The predicted molar refractivity (Wildman–Crippen MR) is 165 cm³/mol. The van der Waals surface area contributed by atoms with Crippen LogP contribution in [0.3, 0.4) is 0 Å². The largest absolute Gasteiger partial charge is 0.481 e. The average Bonchev–Trinajstić information content (AvgIpc) is 3.72. The summed E-state index contributed by atoms with van der Waals surface area (Å²) in [6.07, 6.45) is 5.25. The lowest BCUT2D eigenvalue weighted by atomic mass is 9.83. The summed E-state index contributed by atoms with van der Waals surface area (Å²) in [6, 6.07) is -1.08. The van der Waals surface area contributed by atoms with E-state index >= 15 is 0 Å². The molecule has 3 fully saturated rings. The highest BCUT2D eigenvalue weighted by atomic mass is 16.7. The second-order valence-corrected chi connectivity index (χ2v) is 12.6. The van der Waals surface area contributed by atoms with Crippen LogP contribution in [0.4, 0.5) is 0 Å². The Kier molecular flexibility index (Phi) is 13.1. The number of rotatable bonds is 3. The molecule has 4 heterocycles. The van der Waals surface area contributed by atoms with Crippen molar-refractivity contribution in [2.75, 3.05) is 0 Å². The van der Waals surface area contributed by atoms with Crippen LogP contribution in [0.15, 0.2) is 60.8 Å². The maximum absolute atomic E-state index is 12.3. The molecule has 0 spiro atoms. The van der Waals surface area contributed by atoms with Crippen LogP contribution in [0.5, 0.6) is 0 Å². The topological polar surface area (TPSA) is 231 Å². The summed E-state index contributed by atoms with van der Waals surface area (Å²) in [7, 11) is 0. The van der Waals surface area contributed by atoms with E-state index in [4.69, 9.17) is 29.4 Å². The molecule has 0 aromatic rings. The Morgan fingerprint density at radius 1 is 0.936 bits per heavy atom. The minimum Gasteiger partial charge on any atom is -0.481 e. The van der Waals surface area contributed by atoms with Crippen molar-refractivity contribution in [1.29, 1.82) is 0 Å². The number of fused-ring (bicyclic) bond motifs is 3. The first-order valence-corrected chi connectivity index (χ1v) is 15.9. The van der Waals surface area contributed by atoms with Gasteiger partial charge in [0.1, 0.15) is 24.2 Å².